The van der Waals surface area contributed by atoms with Crippen molar-refractivity contribution < 1.29 is 4.74 Å². The number of hydrogen-bond acceptors (Lipinski definition) is 1. The molecule has 1 aliphatic rings. The van der Waals surface area contributed by atoms with E-state index >= 15 is 0 Å². The molecule has 1 rings (SSSR count). The number of unbranched alkanes of at least 4 members (excludes halogenated alkanes) is 8. The Morgan fingerprint density at radius 2 is 1.29 bits per heavy atom. The summed E-state index contributed by atoms with van der Waals surface area (Å²) in [6.45, 7) is 6.14. The summed E-state index contributed by atoms with van der Waals surface area (Å²) in [5, 5.41) is 0. The van der Waals surface area contributed by atoms with E-state index < -0.39 is 0 Å². The Balaban J connectivity index is 1.76. The first kappa shape index (κ1) is 15.0. The molecule has 0 amide bonds. The van der Waals surface area contributed by atoms with Crippen LogP contribution >= 0.6 is 0 Å². The molecule has 1 aliphatic heterocycles. The molecule has 101 valence electrons. The van der Waals surface area contributed by atoms with Crippen LogP contribution in [0.25, 0.3) is 0 Å². The third kappa shape index (κ3) is 7.81. The topological polar surface area (TPSA) is 12.5 Å². The van der Waals surface area contributed by atoms with Crippen molar-refractivity contribution in [1.29, 1.82) is 0 Å². The summed E-state index contributed by atoms with van der Waals surface area (Å²) in [7, 11) is 0. The van der Waals surface area contributed by atoms with E-state index in [1.807, 2.05) is 0 Å². The second kappa shape index (κ2) is 9.94. The van der Waals surface area contributed by atoms with Gasteiger partial charge >= 0.3 is 0 Å². The Hall–Kier alpha value is -0.0400. The van der Waals surface area contributed by atoms with Crippen LogP contribution in [-0.4, -0.2) is 12.2 Å². The lowest BCUT2D eigenvalue weighted by molar-refractivity contribution is 0.348. The van der Waals surface area contributed by atoms with E-state index in [0.29, 0.717) is 12.2 Å². The largest absolute Gasteiger partial charge is 0.370 e. The van der Waals surface area contributed by atoms with Gasteiger partial charge in [0.05, 0.1) is 12.2 Å². The van der Waals surface area contributed by atoms with Gasteiger partial charge in [0.25, 0.3) is 0 Å². The lowest BCUT2D eigenvalue weighted by atomic mass is 10.0. The minimum atomic E-state index is 0.631. The summed E-state index contributed by atoms with van der Waals surface area (Å²) in [4.78, 5) is 0. The van der Waals surface area contributed by atoms with Gasteiger partial charge in [0, 0.05) is 0 Å². The van der Waals surface area contributed by atoms with Crippen LogP contribution in [0.3, 0.4) is 0 Å². The van der Waals surface area contributed by atoms with Gasteiger partial charge in [-0.05, 0) is 12.8 Å². The van der Waals surface area contributed by atoms with Crippen molar-refractivity contribution in [3.05, 3.63) is 6.92 Å². The minimum absolute atomic E-state index is 0.631. The molecule has 0 saturated carbocycles. The van der Waals surface area contributed by atoms with E-state index in [1.165, 1.54) is 70.6 Å². The molecular weight excluding hydrogens is 208 g/mol. The summed E-state index contributed by atoms with van der Waals surface area (Å²) >= 11 is 0. The van der Waals surface area contributed by atoms with Gasteiger partial charge in [0.15, 0.2) is 0 Å². The molecule has 2 atom stereocenters. The molecule has 1 nitrogen and oxygen atoms in total. The fraction of sp³-hybridized carbons (Fsp3) is 0.938. The first-order valence-corrected chi connectivity index (χ1v) is 7.83. The maximum Gasteiger partial charge on any atom is 0.0841 e. The van der Waals surface area contributed by atoms with Crippen LogP contribution in [0.15, 0.2) is 0 Å². The van der Waals surface area contributed by atoms with Crippen molar-refractivity contribution in [3.63, 3.8) is 0 Å². The van der Waals surface area contributed by atoms with Crippen LogP contribution in [0, 0.1) is 6.92 Å². The van der Waals surface area contributed by atoms with Crippen LogP contribution in [0.4, 0.5) is 0 Å². The predicted molar refractivity (Wildman–Crippen MR) is 75.1 cm³/mol. The molecule has 1 heterocycles. The summed E-state index contributed by atoms with van der Waals surface area (Å²) in [5.41, 5.74) is 0. The second-order valence-corrected chi connectivity index (χ2v) is 5.47. The highest BCUT2D eigenvalue weighted by Gasteiger charge is 2.36. The maximum atomic E-state index is 5.70. The predicted octanol–water partition coefficient (Wildman–Crippen LogP) is 5.29. The number of rotatable bonds is 12. The van der Waals surface area contributed by atoms with Crippen LogP contribution in [0.5, 0.6) is 0 Å². The fourth-order valence-electron chi connectivity index (χ4n) is 2.51. The smallest absolute Gasteiger partial charge is 0.0841 e. The average molecular weight is 239 g/mol. The van der Waals surface area contributed by atoms with E-state index in [1.54, 1.807) is 0 Å². The zero-order valence-electron chi connectivity index (χ0n) is 11.8. The summed E-state index contributed by atoms with van der Waals surface area (Å²) in [6, 6.07) is 0. The van der Waals surface area contributed by atoms with E-state index in [-0.39, 0.29) is 0 Å². The Labute approximate surface area is 108 Å². The van der Waals surface area contributed by atoms with E-state index in [4.69, 9.17) is 4.74 Å². The van der Waals surface area contributed by atoms with Gasteiger partial charge in [-0.15, -0.1) is 0 Å². The Kier molecular flexibility index (Phi) is 8.78. The van der Waals surface area contributed by atoms with Crippen molar-refractivity contribution >= 4 is 0 Å². The highest BCUT2D eigenvalue weighted by atomic mass is 16.6. The molecule has 1 heteroatoms. The maximum absolute atomic E-state index is 5.70. The van der Waals surface area contributed by atoms with Crippen molar-refractivity contribution in [1.82, 2.24) is 0 Å². The molecule has 2 unspecified atom stereocenters. The molecule has 0 aromatic carbocycles. The van der Waals surface area contributed by atoms with Gasteiger partial charge in [-0.25, -0.2) is 0 Å². The lowest BCUT2D eigenvalue weighted by Gasteiger charge is -1.99. The molecule has 0 spiro atoms. The third-order valence-corrected chi connectivity index (χ3v) is 3.77. The molecule has 1 saturated heterocycles. The second-order valence-electron chi connectivity index (χ2n) is 5.47. The van der Waals surface area contributed by atoms with Gasteiger partial charge in [-0.3, -0.25) is 0 Å². The van der Waals surface area contributed by atoms with E-state index in [0.717, 1.165) is 6.42 Å². The Morgan fingerprint density at radius 1 is 0.765 bits per heavy atom. The van der Waals surface area contributed by atoms with E-state index in [9.17, 15) is 0 Å². The van der Waals surface area contributed by atoms with Gasteiger partial charge in [0.1, 0.15) is 0 Å². The molecular formula is C16H31O. The Morgan fingerprint density at radius 3 is 1.88 bits per heavy atom. The first-order valence-electron chi connectivity index (χ1n) is 7.83. The van der Waals surface area contributed by atoms with Gasteiger partial charge < -0.3 is 4.74 Å². The van der Waals surface area contributed by atoms with E-state index in [2.05, 4.69) is 13.8 Å². The SMILES string of the molecule is [CH2]CCCCCCCCC1OC1CCCCC. The fourth-order valence-corrected chi connectivity index (χ4v) is 2.51. The zero-order valence-corrected chi connectivity index (χ0v) is 11.8. The third-order valence-electron chi connectivity index (χ3n) is 3.77. The van der Waals surface area contributed by atoms with Gasteiger partial charge in [0.2, 0.25) is 0 Å². The highest BCUT2D eigenvalue weighted by molar-refractivity contribution is 4.84. The number of hydrogen-bond donors (Lipinski definition) is 0. The van der Waals surface area contributed by atoms with Crippen LogP contribution < -0.4 is 0 Å². The van der Waals surface area contributed by atoms with Crippen molar-refractivity contribution in [2.75, 3.05) is 0 Å². The Bertz CT molecular complexity index is 167. The van der Waals surface area contributed by atoms with Gasteiger partial charge in [-0.2, -0.15) is 0 Å². The summed E-state index contributed by atoms with van der Waals surface area (Å²) in [5.74, 6) is 0. The van der Waals surface area contributed by atoms with Crippen molar-refractivity contribution in [2.45, 2.75) is 96.2 Å². The molecule has 0 bridgehead atoms. The normalized spacial score (nSPS) is 22.9. The summed E-state index contributed by atoms with van der Waals surface area (Å²) in [6.07, 6.45) is 17.3. The highest BCUT2D eigenvalue weighted by Crippen LogP contribution is 2.31. The first-order chi connectivity index (χ1) is 8.38. The molecule has 0 aliphatic carbocycles. The molecule has 1 radical (unpaired) electrons. The van der Waals surface area contributed by atoms with Gasteiger partial charge in [-0.1, -0.05) is 78.1 Å². The average Bonchev–Trinajstić information content (AvgIpc) is 3.07. The molecule has 0 aromatic rings. The standard InChI is InChI=1S/C16H31O/c1-3-5-7-8-9-10-12-14-16-15(17-16)13-11-6-4-2/h15-16H,1,3-14H2,2H3. The summed E-state index contributed by atoms with van der Waals surface area (Å²) < 4.78 is 5.70. The molecule has 0 N–H and O–H groups in total. The van der Waals surface area contributed by atoms with Crippen LogP contribution in [0.2, 0.25) is 0 Å². The lowest BCUT2D eigenvalue weighted by Crippen LogP contribution is -1.94. The van der Waals surface area contributed by atoms with Crippen molar-refractivity contribution in [3.8, 4) is 0 Å². The zero-order chi connectivity index (χ0) is 12.3. The molecule has 1 fully saturated rings. The molecule has 0 aromatic heterocycles. The van der Waals surface area contributed by atoms with Crippen molar-refractivity contribution in [2.24, 2.45) is 0 Å². The monoisotopic (exact) mass is 239 g/mol. The quantitative estimate of drug-likeness (QED) is 0.333. The number of ether oxygens (including phenoxy) is 1. The minimum Gasteiger partial charge on any atom is -0.370 e. The van der Waals surface area contributed by atoms with Crippen LogP contribution in [0.1, 0.15) is 84.0 Å². The number of epoxide rings is 1. The molecule has 17 heavy (non-hydrogen) atoms. The van der Waals surface area contributed by atoms with Crippen LogP contribution in [-0.2, 0) is 4.74 Å².